The second-order valence-corrected chi connectivity index (χ2v) is 5.51. The summed E-state index contributed by atoms with van der Waals surface area (Å²) in [7, 11) is 0. The summed E-state index contributed by atoms with van der Waals surface area (Å²) in [6.45, 7) is 8.16. The number of piperazine rings is 1. The molecule has 0 spiro atoms. The van der Waals surface area contributed by atoms with Crippen LogP contribution in [0.15, 0.2) is 18.3 Å². The van der Waals surface area contributed by atoms with E-state index in [4.69, 9.17) is 0 Å². The standard InChI is InChI=1S/C16H26N4O2/c1-3-14(13-21)18-9-11-19(12-10-18)16(22)6-5-15-7-8-17-20(15)4-2/h5-8,14,21H,3-4,9-13H2,1-2H3/b6-5+. The summed E-state index contributed by atoms with van der Waals surface area (Å²) >= 11 is 0. The molecule has 122 valence electrons. The Morgan fingerprint density at radius 2 is 2.09 bits per heavy atom. The molecule has 1 fully saturated rings. The molecule has 1 aromatic heterocycles. The van der Waals surface area contributed by atoms with Crippen molar-refractivity contribution in [2.45, 2.75) is 32.9 Å². The molecule has 1 aromatic rings. The van der Waals surface area contributed by atoms with Gasteiger partial charge in [-0.1, -0.05) is 6.92 Å². The van der Waals surface area contributed by atoms with E-state index in [9.17, 15) is 9.90 Å². The minimum Gasteiger partial charge on any atom is -0.395 e. The number of amides is 1. The average molecular weight is 306 g/mol. The van der Waals surface area contributed by atoms with Crippen LogP contribution in [0, 0.1) is 0 Å². The van der Waals surface area contributed by atoms with E-state index in [2.05, 4.69) is 16.9 Å². The van der Waals surface area contributed by atoms with Crippen LogP contribution >= 0.6 is 0 Å². The lowest BCUT2D eigenvalue weighted by atomic mass is 10.1. The predicted molar refractivity (Wildman–Crippen MR) is 86.3 cm³/mol. The molecular formula is C16H26N4O2. The number of rotatable bonds is 6. The van der Waals surface area contributed by atoms with Crippen molar-refractivity contribution in [1.29, 1.82) is 0 Å². The van der Waals surface area contributed by atoms with Crippen molar-refractivity contribution >= 4 is 12.0 Å². The fourth-order valence-electron chi connectivity index (χ4n) is 2.82. The summed E-state index contributed by atoms with van der Waals surface area (Å²) in [4.78, 5) is 16.4. The molecule has 1 atom stereocenters. The van der Waals surface area contributed by atoms with Gasteiger partial charge in [0.15, 0.2) is 0 Å². The van der Waals surface area contributed by atoms with E-state index in [0.717, 1.165) is 31.7 Å². The van der Waals surface area contributed by atoms with E-state index in [1.807, 2.05) is 28.6 Å². The topological polar surface area (TPSA) is 61.6 Å². The van der Waals surface area contributed by atoms with Crippen LogP contribution in [-0.4, -0.2) is 69.4 Å². The average Bonchev–Trinajstić information content (AvgIpc) is 3.02. The van der Waals surface area contributed by atoms with E-state index in [-0.39, 0.29) is 18.6 Å². The normalized spacial score (nSPS) is 18.0. The molecule has 2 heterocycles. The molecule has 0 saturated carbocycles. The van der Waals surface area contributed by atoms with Crippen LogP contribution in [0.25, 0.3) is 6.08 Å². The lowest BCUT2D eigenvalue weighted by Gasteiger charge is -2.38. The SMILES string of the molecule is CCC(CO)N1CCN(C(=O)/C=C/c2ccnn2CC)CC1. The Bertz CT molecular complexity index is 500. The molecule has 1 N–H and O–H groups in total. The lowest BCUT2D eigenvalue weighted by molar-refractivity contribution is -0.128. The van der Waals surface area contributed by atoms with Crippen LogP contribution in [0.3, 0.4) is 0 Å². The van der Waals surface area contributed by atoms with Gasteiger partial charge in [-0.3, -0.25) is 14.4 Å². The Labute approximate surface area is 132 Å². The fourth-order valence-corrected chi connectivity index (χ4v) is 2.82. The third-order valence-corrected chi connectivity index (χ3v) is 4.27. The Balaban J connectivity index is 1.87. The third kappa shape index (κ3) is 3.96. The molecular weight excluding hydrogens is 280 g/mol. The van der Waals surface area contributed by atoms with Crippen LogP contribution in [0.1, 0.15) is 26.0 Å². The van der Waals surface area contributed by atoms with Gasteiger partial charge in [-0.25, -0.2) is 0 Å². The summed E-state index contributed by atoms with van der Waals surface area (Å²) in [5.41, 5.74) is 0.945. The fraction of sp³-hybridized carbons (Fsp3) is 0.625. The van der Waals surface area contributed by atoms with Gasteiger partial charge < -0.3 is 10.0 Å². The highest BCUT2D eigenvalue weighted by molar-refractivity contribution is 5.91. The minimum atomic E-state index is 0.0422. The van der Waals surface area contributed by atoms with Crippen molar-refractivity contribution in [3.8, 4) is 0 Å². The Kier molecular flexibility index (Phi) is 6.15. The zero-order valence-corrected chi connectivity index (χ0v) is 13.5. The minimum absolute atomic E-state index is 0.0422. The Hall–Kier alpha value is -1.66. The largest absolute Gasteiger partial charge is 0.395 e. The van der Waals surface area contributed by atoms with Crippen LogP contribution in [0.2, 0.25) is 0 Å². The van der Waals surface area contributed by atoms with Gasteiger partial charge in [0.25, 0.3) is 0 Å². The first-order chi connectivity index (χ1) is 10.7. The van der Waals surface area contributed by atoms with Crippen molar-refractivity contribution in [3.05, 3.63) is 24.0 Å². The summed E-state index contributed by atoms with van der Waals surface area (Å²) in [5.74, 6) is 0.0422. The van der Waals surface area contributed by atoms with Crippen LogP contribution in [0.5, 0.6) is 0 Å². The summed E-state index contributed by atoms with van der Waals surface area (Å²) < 4.78 is 1.86. The highest BCUT2D eigenvalue weighted by Crippen LogP contribution is 2.10. The second-order valence-electron chi connectivity index (χ2n) is 5.51. The van der Waals surface area contributed by atoms with Crippen LogP contribution in [-0.2, 0) is 11.3 Å². The number of hydrogen-bond donors (Lipinski definition) is 1. The molecule has 6 nitrogen and oxygen atoms in total. The van der Waals surface area contributed by atoms with Gasteiger partial charge in [0.05, 0.1) is 12.3 Å². The van der Waals surface area contributed by atoms with E-state index in [1.54, 1.807) is 12.3 Å². The first-order valence-corrected chi connectivity index (χ1v) is 8.03. The monoisotopic (exact) mass is 306 g/mol. The number of hydrogen-bond acceptors (Lipinski definition) is 4. The number of nitrogens with zero attached hydrogens (tertiary/aromatic N) is 4. The highest BCUT2D eigenvalue weighted by atomic mass is 16.3. The molecule has 6 heteroatoms. The molecule has 2 rings (SSSR count). The van der Waals surface area contributed by atoms with E-state index < -0.39 is 0 Å². The quantitative estimate of drug-likeness (QED) is 0.791. The lowest BCUT2D eigenvalue weighted by Crippen LogP contribution is -2.52. The molecule has 22 heavy (non-hydrogen) atoms. The highest BCUT2D eigenvalue weighted by Gasteiger charge is 2.23. The molecule has 0 aliphatic carbocycles. The van der Waals surface area contributed by atoms with Crippen molar-refractivity contribution in [3.63, 3.8) is 0 Å². The van der Waals surface area contributed by atoms with Crippen molar-refractivity contribution in [2.24, 2.45) is 0 Å². The number of carbonyl (C=O) groups is 1. The van der Waals surface area contributed by atoms with Gasteiger partial charge in [0.1, 0.15) is 0 Å². The number of aliphatic hydroxyl groups excluding tert-OH is 1. The molecule has 1 saturated heterocycles. The third-order valence-electron chi connectivity index (χ3n) is 4.27. The first-order valence-electron chi connectivity index (χ1n) is 8.03. The zero-order chi connectivity index (χ0) is 15.9. The molecule has 1 amide bonds. The molecule has 1 unspecified atom stereocenters. The van der Waals surface area contributed by atoms with Gasteiger partial charge in [-0.15, -0.1) is 0 Å². The zero-order valence-electron chi connectivity index (χ0n) is 13.5. The Morgan fingerprint density at radius 1 is 1.36 bits per heavy atom. The smallest absolute Gasteiger partial charge is 0.246 e. The van der Waals surface area contributed by atoms with E-state index in [1.165, 1.54) is 0 Å². The second kappa shape index (κ2) is 8.10. The summed E-state index contributed by atoms with van der Waals surface area (Å²) in [6, 6.07) is 2.12. The van der Waals surface area contributed by atoms with Gasteiger partial charge in [0, 0.05) is 51.0 Å². The van der Waals surface area contributed by atoms with Gasteiger partial charge >= 0.3 is 0 Å². The molecule has 1 aliphatic heterocycles. The molecule has 0 aromatic carbocycles. The summed E-state index contributed by atoms with van der Waals surface area (Å²) in [5, 5.41) is 13.5. The van der Waals surface area contributed by atoms with Crippen LogP contribution in [0.4, 0.5) is 0 Å². The predicted octanol–water partition coefficient (Wildman–Crippen LogP) is 0.831. The molecule has 0 radical (unpaired) electrons. The maximum Gasteiger partial charge on any atom is 0.246 e. The number of aromatic nitrogens is 2. The van der Waals surface area contributed by atoms with Gasteiger partial charge in [-0.2, -0.15) is 5.10 Å². The van der Waals surface area contributed by atoms with Gasteiger partial charge in [0.2, 0.25) is 5.91 Å². The molecule has 0 bridgehead atoms. The number of carbonyl (C=O) groups excluding carboxylic acids is 1. The maximum absolute atomic E-state index is 12.3. The van der Waals surface area contributed by atoms with Crippen molar-refractivity contribution in [1.82, 2.24) is 19.6 Å². The van der Waals surface area contributed by atoms with Crippen molar-refractivity contribution < 1.29 is 9.90 Å². The number of aliphatic hydroxyl groups is 1. The molecule has 1 aliphatic rings. The number of aryl methyl sites for hydroxylation is 1. The van der Waals surface area contributed by atoms with Crippen molar-refractivity contribution in [2.75, 3.05) is 32.8 Å². The van der Waals surface area contributed by atoms with E-state index >= 15 is 0 Å². The summed E-state index contributed by atoms with van der Waals surface area (Å²) in [6.07, 6.45) is 6.13. The maximum atomic E-state index is 12.3. The first kappa shape index (κ1) is 16.7. The van der Waals surface area contributed by atoms with Crippen LogP contribution < -0.4 is 0 Å². The van der Waals surface area contributed by atoms with Gasteiger partial charge in [-0.05, 0) is 25.5 Å². The van der Waals surface area contributed by atoms with E-state index in [0.29, 0.717) is 13.1 Å². The Morgan fingerprint density at radius 3 is 2.68 bits per heavy atom.